The number of aromatic nitrogens is 2. The van der Waals surface area contributed by atoms with Gasteiger partial charge in [0.05, 0.1) is 5.70 Å². The van der Waals surface area contributed by atoms with E-state index in [4.69, 9.17) is 4.99 Å². The average Bonchev–Trinajstić information content (AvgIpc) is 3.48. The van der Waals surface area contributed by atoms with Crippen molar-refractivity contribution in [1.29, 1.82) is 0 Å². The number of imidazole rings is 1. The smallest absolute Gasteiger partial charge is 0.323 e. The SMILES string of the molecule is C=C(C)C(C)(C(=C/CC)/N=C(\NC)NCc1ccccc1)C1CC1c1[nH]c(=O)[nH]c1C. The molecule has 0 radical (unpaired) electrons. The Morgan fingerprint density at radius 2 is 2.03 bits per heavy atom. The van der Waals surface area contributed by atoms with E-state index < -0.39 is 0 Å². The molecule has 6 heteroatoms. The van der Waals surface area contributed by atoms with Crippen molar-refractivity contribution in [3.63, 3.8) is 0 Å². The third-order valence-corrected chi connectivity index (χ3v) is 6.44. The van der Waals surface area contributed by atoms with Gasteiger partial charge in [0.2, 0.25) is 0 Å². The van der Waals surface area contributed by atoms with Crippen molar-refractivity contribution in [2.24, 2.45) is 16.3 Å². The Kier molecular flexibility index (Phi) is 6.88. The van der Waals surface area contributed by atoms with Gasteiger partial charge in [-0.1, -0.05) is 55.5 Å². The van der Waals surface area contributed by atoms with Gasteiger partial charge in [-0.05, 0) is 45.1 Å². The fourth-order valence-corrected chi connectivity index (χ4v) is 4.39. The van der Waals surface area contributed by atoms with Crippen molar-refractivity contribution in [2.45, 2.75) is 53.0 Å². The largest absolute Gasteiger partial charge is 0.359 e. The van der Waals surface area contributed by atoms with E-state index >= 15 is 0 Å². The highest BCUT2D eigenvalue weighted by atomic mass is 16.1. The second-order valence-electron chi connectivity index (χ2n) is 8.60. The van der Waals surface area contributed by atoms with Gasteiger partial charge in [-0.2, -0.15) is 0 Å². The lowest BCUT2D eigenvalue weighted by Gasteiger charge is -2.32. The molecule has 0 amide bonds. The highest BCUT2D eigenvalue weighted by Crippen LogP contribution is 2.62. The molecule has 166 valence electrons. The molecule has 0 saturated heterocycles. The molecule has 6 nitrogen and oxygen atoms in total. The molecule has 0 aliphatic heterocycles. The first kappa shape index (κ1) is 22.7. The van der Waals surface area contributed by atoms with Gasteiger partial charge in [-0.25, -0.2) is 9.79 Å². The zero-order valence-electron chi connectivity index (χ0n) is 19.3. The summed E-state index contributed by atoms with van der Waals surface area (Å²) in [6.07, 6.45) is 4.08. The van der Waals surface area contributed by atoms with Gasteiger partial charge in [0.25, 0.3) is 0 Å². The van der Waals surface area contributed by atoms with E-state index in [1.54, 1.807) is 0 Å². The molecule has 3 unspecified atom stereocenters. The van der Waals surface area contributed by atoms with Gasteiger partial charge in [-0.15, -0.1) is 0 Å². The second-order valence-corrected chi connectivity index (χ2v) is 8.60. The lowest BCUT2D eigenvalue weighted by atomic mass is 9.74. The standard InChI is InChI=1S/C25H35N5O/c1-7-11-21(29-23(26-6)27-15-18-12-9-8-10-13-18)25(5,16(2)3)20-14-19(20)22-17(4)28-24(31)30-22/h8-13,19-20H,2,7,14-15H2,1,3-6H3,(H2,26,27,29)(H2,28,30,31)/b21-11-. The number of nitrogens with one attached hydrogen (secondary N) is 4. The highest BCUT2D eigenvalue weighted by Gasteiger charge is 2.54. The van der Waals surface area contributed by atoms with Crippen LogP contribution in [0.25, 0.3) is 0 Å². The van der Waals surface area contributed by atoms with Crippen LogP contribution in [0.2, 0.25) is 0 Å². The predicted molar refractivity (Wildman–Crippen MR) is 128 cm³/mol. The maximum absolute atomic E-state index is 11.8. The summed E-state index contributed by atoms with van der Waals surface area (Å²) < 4.78 is 0. The molecule has 3 rings (SSSR count). The maximum atomic E-state index is 11.8. The van der Waals surface area contributed by atoms with Gasteiger partial charge >= 0.3 is 5.69 Å². The van der Waals surface area contributed by atoms with E-state index in [9.17, 15) is 4.79 Å². The summed E-state index contributed by atoms with van der Waals surface area (Å²) in [5.74, 6) is 1.37. The van der Waals surface area contributed by atoms with Crippen LogP contribution in [0.15, 0.2) is 64.0 Å². The summed E-state index contributed by atoms with van der Waals surface area (Å²) in [6.45, 7) is 13.4. The Hall–Kier alpha value is -3.02. The summed E-state index contributed by atoms with van der Waals surface area (Å²) >= 11 is 0. The fraction of sp³-hybridized carbons (Fsp3) is 0.440. The molecule has 0 bridgehead atoms. The topological polar surface area (TPSA) is 85.1 Å². The number of benzene rings is 1. The van der Waals surface area contributed by atoms with Crippen LogP contribution in [0.3, 0.4) is 0 Å². The van der Waals surface area contributed by atoms with E-state index in [-0.39, 0.29) is 11.1 Å². The number of hydrogen-bond acceptors (Lipinski definition) is 2. The van der Waals surface area contributed by atoms with Gasteiger partial charge in [0.15, 0.2) is 5.96 Å². The quantitative estimate of drug-likeness (QED) is 0.290. The molecule has 4 N–H and O–H groups in total. The van der Waals surface area contributed by atoms with E-state index in [1.165, 1.54) is 5.56 Å². The fourth-order valence-electron chi connectivity index (χ4n) is 4.39. The predicted octanol–water partition coefficient (Wildman–Crippen LogP) is 4.36. The number of nitrogens with zero attached hydrogens (tertiary/aromatic N) is 1. The summed E-state index contributed by atoms with van der Waals surface area (Å²) in [5, 5.41) is 6.62. The molecular formula is C25H35N5O. The van der Waals surface area contributed by atoms with Crippen molar-refractivity contribution >= 4 is 5.96 Å². The van der Waals surface area contributed by atoms with Crippen LogP contribution in [-0.2, 0) is 6.54 Å². The van der Waals surface area contributed by atoms with Gasteiger partial charge in [-0.3, -0.25) is 0 Å². The number of aliphatic imine (C=N–C) groups is 1. The van der Waals surface area contributed by atoms with Crippen LogP contribution in [-0.4, -0.2) is 23.0 Å². The normalized spacial score (nSPS) is 20.8. The van der Waals surface area contributed by atoms with Crippen molar-refractivity contribution in [2.75, 3.05) is 7.05 Å². The molecule has 2 aromatic rings. The first-order valence-corrected chi connectivity index (χ1v) is 11.0. The summed E-state index contributed by atoms with van der Waals surface area (Å²) in [5.41, 5.74) is 4.79. The van der Waals surface area contributed by atoms with Crippen molar-refractivity contribution < 1.29 is 0 Å². The molecule has 3 atom stereocenters. The molecule has 1 fully saturated rings. The third kappa shape index (κ3) is 4.84. The number of H-pyrrole nitrogens is 2. The Labute approximate surface area is 185 Å². The maximum Gasteiger partial charge on any atom is 0.323 e. The lowest BCUT2D eigenvalue weighted by Crippen LogP contribution is -2.36. The molecule has 31 heavy (non-hydrogen) atoms. The van der Waals surface area contributed by atoms with Crippen molar-refractivity contribution in [1.82, 2.24) is 20.6 Å². The van der Waals surface area contributed by atoms with Crippen molar-refractivity contribution in [3.8, 4) is 0 Å². The Morgan fingerprint density at radius 1 is 1.32 bits per heavy atom. The monoisotopic (exact) mass is 421 g/mol. The zero-order valence-corrected chi connectivity index (χ0v) is 19.3. The van der Waals surface area contributed by atoms with Crippen LogP contribution >= 0.6 is 0 Å². The highest BCUT2D eigenvalue weighted by molar-refractivity contribution is 5.80. The van der Waals surface area contributed by atoms with E-state index in [2.05, 4.69) is 66.2 Å². The molecule has 1 aromatic carbocycles. The Balaban J connectivity index is 1.88. The minimum absolute atomic E-state index is 0.139. The number of allylic oxidation sites excluding steroid dienone is 2. The van der Waals surface area contributed by atoms with Gasteiger partial charge in [0, 0.05) is 36.3 Å². The minimum Gasteiger partial charge on any atom is -0.359 e. The van der Waals surface area contributed by atoms with Crippen LogP contribution in [0.4, 0.5) is 0 Å². The number of guanidine groups is 1. The van der Waals surface area contributed by atoms with Gasteiger partial charge < -0.3 is 20.6 Å². The summed E-state index contributed by atoms with van der Waals surface area (Å²) in [7, 11) is 1.88. The first-order chi connectivity index (χ1) is 14.8. The molecule has 1 aliphatic rings. The average molecular weight is 422 g/mol. The second kappa shape index (κ2) is 9.41. The summed E-state index contributed by atoms with van der Waals surface area (Å²) in [6, 6.07) is 10.3. The minimum atomic E-state index is -0.294. The lowest BCUT2D eigenvalue weighted by molar-refractivity contribution is 0.397. The van der Waals surface area contributed by atoms with Crippen LogP contribution in [0.1, 0.15) is 56.5 Å². The van der Waals surface area contributed by atoms with E-state index in [1.807, 2.05) is 32.2 Å². The zero-order chi connectivity index (χ0) is 22.6. The number of aromatic amines is 2. The van der Waals surface area contributed by atoms with E-state index in [0.29, 0.717) is 18.4 Å². The number of hydrogen-bond donors (Lipinski definition) is 4. The molecule has 1 aliphatic carbocycles. The van der Waals surface area contributed by atoms with E-state index in [0.717, 1.165) is 41.5 Å². The molecule has 1 aromatic heterocycles. The summed E-state index contributed by atoms with van der Waals surface area (Å²) in [4.78, 5) is 22.6. The third-order valence-electron chi connectivity index (χ3n) is 6.44. The number of aryl methyl sites for hydroxylation is 1. The molecular weight excluding hydrogens is 386 g/mol. The molecule has 1 heterocycles. The van der Waals surface area contributed by atoms with Crippen LogP contribution < -0.4 is 16.3 Å². The molecule has 0 spiro atoms. The Bertz CT molecular complexity index is 1030. The van der Waals surface area contributed by atoms with Gasteiger partial charge in [0.1, 0.15) is 0 Å². The van der Waals surface area contributed by atoms with Crippen molar-refractivity contribution in [3.05, 3.63) is 81.7 Å². The van der Waals surface area contributed by atoms with Crippen LogP contribution in [0, 0.1) is 18.3 Å². The Morgan fingerprint density at radius 3 is 2.58 bits per heavy atom. The van der Waals surface area contributed by atoms with Crippen LogP contribution in [0.5, 0.6) is 0 Å². The first-order valence-electron chi connectivity index (χ1n) is 11.0. The number of rotatable bonds is 8. The molecule has 1 saturated carbocycles.